The summed E-state index contributed by atoms with van der Waals surface area (Å²) in [6.45, 7) is 3.03. The Bertz CT molecular complexity index is 895. The van der Waals surface area contributed by atoms with Gasteiger partial charge in [-0.3, -0.25) is 21.1 Å². The van der Waals surface area contributed by atoms with Crippen LogP contribution in [-0.2, 0) is 12.0 Å². The lowest BCUT2D eigenvalue weighted by Gasteiger charge is -2.55. The minimum absolute atomic E-state index is 0.109. The fraction of sp³-hybridized carbons (Fsp3) is 0.400. The molecule has 9 heteroatoms. The van der Waals surface area contributed by atoms with Crippen LogP contribution in [0.15, 0.2) is 42.7 Å². The molecule has 4 N–H and O–H groups in total. The van der Waals surface area contributed by atoms with Gasteiger partial charge in [-0.05, 0) is 24.2 Å². The molecule has 156 valence electrons. The van der Waals surface area contributed by atoms with Crippen LogP contribution in [0.25, 0.3) is 0 Å². The summed E-state index contributed by atoms with van der Waals surface area (Å²) in [4.78, 5) is 6.11. The van der Waals surface area contributed by atoms with Gasteiger partial charge in [-0.1, -0.05) is 31.2 Å². The van der Waals surface area contributed by atoms with Gasteiger partial charge in [0.05, 0.1) is 6.42 Å². The van der Waals surface area contributed by atoms with Crippen molar-refractivity contribution in [3.8, 4) is 0 Å². The van der Waals surface area contributed by atoms with E-state index in [1.807, 2.05) is 18.9 Å². The van der Waals surface area contributed by atoms with E-state index in [-0.39, 0.29) is 17.0 Å². The number of aliphatic hydroxyl groups is 1. The predicted molar refractivity (Wildman–Crippen MR) is 101 cm³/mol. The Morgan fingerprint density at radius 1 is 1.21 bits per heavy atom. The van der Waals surface area contributed by atoms with E-state index in [4.69, 9.17) is 10.6 Å². The Morgan fingerprint density at radius 2 is 1.83 bits per heavy atom. The van der Waals surface area contributed by atoms with Crippen molar-refractivity contribution >= 4 is 5.84 Å². The van der Waals surface area contributed by atoms with Gasteiger partial charge in [-0.15, -0.1) is 0 Å². The molecule has 29 heavy (non-hydrogen) atoms. The van der Waals surface area contributed by atoms with Crippen molar-refractivity contribution in [2.45, 2.75) is 25.1 Å². The summed E-state index contributed by atoms with van der Waals surface area (Å²) in [5, 5.41) is 28.7. The Balaban J connectivity index is 2.07. The van der Waals surface area contributed by atoms with Crippen LogP contribution in [0.5, 0.6) is 0 Å². The van der Waals surface area contributed by atoms with Crippen molar-refractivity contribution in [3.05, 3.63) is 65.0 Å². The second-order valence-electron chi connectivity index (χ2n) is 7.88. The number of hydroxylamine groups is 1. The maximum atomic E-state index is 12.7. The van der Waals surface area contributed by atoms with Crippen LogP contribution in [-0.4, -0.2) is 52.3 Å². The van der Waals surface area contributed by atoms with E-state index < -0.39 is 23.6 Å². The molecule has 1 aliphatic rings. The normalized spacial score (nSPS) is 18.6. The first-order chi connectivity index (χ1) is 13.5. The zero-order valence-corrected chi connectivity index (χ0v) is 16.1. The lowest BCUT2D eigenvalue weighted by Crippen LogP contribution is -2.63. The number of hydrogen-bond acceptors (Lipinski definition) is 5. The Labute approximate surface area is 166 Å². The van der Waals surface area contributed by atoms with Gasteiger partial charge in [-0.25, -0.2) is 0 Å². The molecule has 3 rings (SSSR count). The summed E-state index contributed by atoms with van der Waals surface area (Å²) in [5.41, 5.74) is 0.804. The zero-order chi connectivity index (χ0) is 21.4. The summed E-state index contributed by atoms with van der Waals surface area (Å²) in [6, 6.07) is 7.30. The van der Waals surface area contributed by atoms with Gasteiger partial charge < -0.3 is 10.0 Å². The molecule has 0 aliphatic carbocycles. The number of nitrogens with zero attached hydrogens (tertiary/aromatic N) is 2. The summed E-state index contributed by atoms with van der Waals surface area (Å²) in [7, 11) is 1.91. The molecule has 0 unspecified atom stereocenters. The number of benzene rings is 1. The van der Waals surface area contributed by atoms with Crippen molar-refractivity contribution in [2.75, 3.05) is 20.1 Å². The van der Waals surface area contributed by atoms with Crippen molar-refractivity contribution in [2.24, 2.45) is 5.41 Å². The highest BCUT2D eigenvalue weighted by Gasteiger charge is 2.55. The molecule has 1 aliphatic heterocycles. The molecule has 0 saturated carbocycles. The molecule has 2 heterocycles. The van der Waals surface area contributed by atoms with Crippen molar-refractivity contribution in [3.63, 3.8) is 0 Å². The topological polar surface area (TPSA) is 92.5 Å². The average molecular weight is 408 g/mol. The van der Waals surface area contributed by atoms with Gasteiger partial charge >= 0.3 is 6.18 Å². The van der Waals surface area contributed by atoms with Crippen LogP contribution < -0.4 is 5.48 Å². The number of amidine groups is 1. The largest absolute Gasteiger partial charge is 0.393 e. The molecule has 1 aromatic carbocycles. The highest BCUT2D eigenvalue weighted by molar-refractivity contribution is 5.95. The minimum atomic E-state index is -4.31. The number of alkyl halides is 3. The quantitative estimate of drug-likeness (QED) is 0.347. The van der Waals surface area contributed by atoms with Gasteiger partial charge in [0.2, 0.25) is 0 Å². The number of halogens is 3. The smallest absolute Gasteiger partial charge is 0.380 e. The fourth-order valence-corrected chi connectivity index (χ4v) is 4.17. The van der Waals surface area contributed by atoms with E-state index in [0.717, 1.165) is 0 Å². The zero-order valence-electron chi connectivity index (χ0n) is 16.1. The number of rotatable bonds is 5. The lowest BCUT2D eigenvalue weighted by molar-refractivity contribution is -0.128. The fourth-order valence-electron chi connectivity index (χ4n) is 4.17. The first-order valence-electron chi connectivity index (χ1n) is 9.00. The first-order valence-corrected chi connectivity index (χ1v) is 9.00. The summed E-state index contributed by atoms with van der Waals surface area (Å²) in [6.07, 6.45) is -2.50. The summed E-state index contributed by atoms with van der Waals surface area (Å²) in [5.74, 6) is -0.280. The summed E-state index contributed by atoms with van der Waals surface area (Å²) < 4.78 is 38.0. The van der Waals surface area contributed by atoms with Gasteiger partial charge in [0.25, 0.3) is 0 Å². The van der Waals surface area contributed by atoms with Crippen LogP contribution in [0.2, 0.25) is 0 Å². The van der Waals surface area contributed by atoms with Crippen LogP contribution >= 0.6 is 0 Å². The van der Waals surface area contributed by atoms with Gasteiger partial charge in [0, 0.05) is 42.0 Å². The molecule has 6 nitrogen and oxygen atoms in total. The average Bonchev–Trinajstić information content (AvgIpc) is 2.65. The first kappa shape index (κ1) is 21.2. The number of likely N-dealkylation sites (tertiary alicyclic amines) is 1. The maximum absolute atomic E-state index is 12.7. The number of hydrogen-bond donors (Lipinski definition) is 4. The Kier molecular flexibility index (Phi) is 5.42. The van der Waals surface area contributed by atoms with Crippen LogP contribution in [0, 0.1) is 10.8 Å². The van der Waals surface area contributed by atoms with E-state index in [0.29, 0.717) is 24.2 Å². The van der Waals surface area contributed by atoms with E-state index in [9.17, 15) is 18.3 Å². The third-order valence-corrected chi connectivity index (χ3v) is 5.44. The second-order valence-corrected chi connectivity index (χ2v) is 7.88. The highest BCUT2D eigenvalue weighted by Crippen LogP contribution is 2.50. The molecule has 0 radical (unpaired) electrons. The van der Waals surface area contributed by atoms with E-state index in [1.165, 1.54) is 36.7 Å². The monoisotopic (exact) mass is 408 g/mol. The lowest BCUT2D eigenvalue weighted by atomic mass is 9.62. The molecule has 1 saturated heterocycles. The maximum Gasteiger partial charge on any atom is 0.393 e. The molecule has 2 aromatic rings. The molecule has 1 fully saturated rings. The van der Waals surface area contributed by atoms with Crippen LogP contribution in [0.3, 0.4) is 0 Å². The van der Waals surface area contributed by atoms with Gasteiger partial charge in [0.15, 0.2) is 5.84 Å². The third kappa shape index (κ3) is 3.98. The van der Waals surface area contributed by atoms with E-state index in [1.54, 1.807) is 11.5 Å². The number of nitrogens with one attached hydrogen (secondary N) is 2. The van der Waals surface area contributed by atoms with E-state index in [2.05, 4.69) is 4.98 Å². The molecule has 0 spiro atoms. The molecule has 0 bridgehead atoms. The summed E-state index contributed by atoms with van der Waals surface area (Å²) >= 11 is 0. The van der Waals surface area contributed by atoms with Gasteiger partial charge in [0.1, 0.15) is 5.60 Å². The molecular weight excluding hydrogens is 385 g/mol. The number of pyridine rings is 1. The molecule has 0 amide bonds. The third-order valence-electron chi connectivity index (χ3n) is 5.44. The van der Waals surface area contributed by atoms with Crippen molar-refractivity contribution in [1.29, 1.82) is 5.41 Å². The van der Waals surface area contributed by atoms with Crippen molar-refractivity contribution in [1.82, 2.24) is 15.4 Å². The predicted octanol–water partition coefficient (Wildman–Crippen LogP) is 2.68. The van der Waals surface area contributed by atoms with Crippen LogP contribution in [0.4, 0.5) is 13.2 Å². The van der Waals surface area contributed by atoms with Crippen LogP contribution in [0.1, 0.15) is 29.2 Å². The number of aromatic nitrogens is 1. The Hall–Kier alpha value is -2.49. The highest BCUT2D eigenvalue weighted by atomic mass is 19.4. The molecular formula is C20H23F3N4O2. The second kappa shape index (κ2) is 7.40. The molecule has 1 aromatic heterocycles. The Morgan fingerprint density at radius 3 is 2.34 bits per heavy atom. The van der Waals surface area contributed by atoms with Gasteiger partial charge in [-0.2, -0.15) is 13.2 Å². The minimum Gasteiger partial charge on any atom is -0.380 e. The van der Waals surface area contributed by atoms with E-state index >= 15 is 0 Å². The van der Waals surface area contributed by atoms with Crippen molar-refractivity contribution < 1.29 is 23.5 Å². The standard InChI is InChI=1S/C20H23F3N4O2/c1-18(11-27(2)12-18)20(28,16-7-14(9-25-10-16)17(24)26-29)15-5-3-13(4-6-15)8-19(21,22)23/h3-7,9-10,28-29H,8,11-12H2,1-2H3,(H2,24,26)/t20-/m0/s1. The SMILES string of the molecule is CN1CC(C)([C@](O)(c2ccc(CC(F)(F)F)cc2)c2cncc(C(=N)NO)c2)C1. The molecule has 1 atom stereocenters.